The molecule has 0 unspecified atom stereocenters. The molecule has 2 aromatic rings. The Morgan fingerprint density at radius 1 is 1.13 bits per heavy atom. The predicted octanol–water partition coefficient (Wildman–Crippen LogP) is 3.33. The molecule has 2 heterocycles. The predicted molar refractivity (Wildman–Crippen MR) is 93.3 cm³/mol. The lowest BCUT2D eigenvalue weighted by molar-refractivity contribution is 0.0599. The molecule has 1 aromatic carbocycles. The second kappa shape index (κ2) is 7.81. The van der Waals surface area contributed by atoms with Crippen LogP contribution in [-0.4, -0.2) is 31.2 Å². The quantitative estimate of drug-likeness (QED) is 0.863. The van der Waals surface area contributed by atoms with E-state index in [4.69, 9.17) is 0 Å². The van der Waals surface area contributed by atoms with E-state index in [0.29, 0.717) is 0 Å². The number of hydrogen-bond donors (Lipinski definition) is 1. The number of ether oxygens (including phenoxy) is 1. The zero-order chi connectivity index (χ0) is 16.8. The Hall–Kier alpha value is -2.30. The first-order chi connectivity index (χ1) is 11.2. The first kappa shape index (κ1) is 17.1. The number of esters is 1. The number of nitrogens with zero attached hydrogens (tertiary/aromatic N) is 1. The molecule has 0 saturated carbocycles. The standard InChI is InChI=1S/C16H18N2O3.C2H6/c1-21-16(20)13-9-11-5-6-12(10-14(11)17-15(13)19)18-7-3-2-4-8-18;1-2/h5-6,9-10H,2-4,7-8H2,1H3,(H,17,19);1-2H3. The highest BCUT2D eigenvalue weighted by Crippen LogP contribution is 2.23. The first-order valence-corrected chi connectivity index (χ1v) is 8.19. The van der Waals surface area contributed by atoms with Crippen molar-refractivity contribution in [3.05, 3.63) is 40.2 Å². The van der Waals surface area contributed by atoms with E-state index in [9.17, 15) is 9.59 Å². The average molecular weight is 316 g/mol. The molecule has 1 aliphatic rings. The number of pyridine rings is 1. The molecule has 0 atom stereocenters. The number of benzene rings is 1. The largest absolute Gasteiger partial charge is 0.465 e. The molecule has 124 valence electrons. The van der Waals surface area contributed by atoms with Crippen LogP contribution in [0.25, 0.3) is 10.9 Å². The van der Waals surface area contributed by atoms with Crippen molar-refractivity contribution in [1.29, 1.82) is 0 Å². The Labute approximate surface area is 136 Å². The minimum absolute atomic E-state index is 0.0377. The number of piperidine rings is 1. The van der Waals surface area contributed by atoms with Crippen LogP contribution in [0.2, 0.25) is 0 Å². The van der Waals surface area contributed by atoms with Crippen molar-refractivity contribution in [2.45, 2.75) is 33.1 Å². The minimum Gasteiger partial charge on any atom is -0.465 e. The third-order valence-corrected chi connectivity index (χ3v) is 3.96. The fourth-order valence-corrected chi connectivity index (χ4v) is 2.80. The van der Waals surface area contributed by atoms with Crippen LogP contribution in [0, 0.1) is 0 Å². The van der Waals surface area contributed by atoms with E-state index < -0.39 is 11.5 Å². The molecule has 1 fully saturated rings. The van der Waals surface area contributed by atoms with Gasteiger partial charge in [-0.3, -0.25) is 4.79 Å². The number of methoxy groups -OCH3 is 1. The van der Waals surface area contributed by atoms with Gasteiger partial charge in [0.25, 0.3) is 5.56 Å². The van der Waals surface area contributed by atoms with E-state index in [1.54, 1.807) is 6.07 Å². The lowest BCUT2D eigenvalue weighted by atomic mass is 10.1. The molecule has 3 rings (SSSR count). The van der Waals surface area contributed by atoms with E-state index in [0.717, 1.165) is 29.7 Å². The molecule has 5 heteroatoms. The molecule has 1 N–H and O–H groups in total. The van der Waals surface area contributed by atoms with Gasteiger partial charge in [-0.25, -0.2) is 4.79 Å². The normalized spacial score (nSPS) is 14.1. The molecule has 0 aliphatic carbocycles. The van der Waals surface area contributed by atoms with Crippen LogP contribution >= 0.6 is 0 Å². The number of aromatic nitrogens is 1. The van der Waals surface area contributed by atoms with Gasteiger partial charge in [-0.2, -0.15) is 0 Å². The molecular formula is C18H24N2O3. The number of fused-ring (bicyclic) bond motifs is 1. The van der Waals surface area contributed by atoms with Gasteiger partial charge in [0.2, 0.25) is 0 Å². The second-order valence-electron chi connectivity index (χ2n) is 5.32. The van der Waals surface area contributed by atoms with Gasteiger partial charge in [-0.05, 0) is 42.8 Å². The van der Waals surface area contributed by atoms with Gasteiger partial charge in [-0.1, -0.05) is 19.9 Å². The summed E-state index contributed by atoms with van der Waals surface area (Å²) in [6.07, 6.45) is 3.69. The summed E-state index contributed by atoms with van der Waals surface area (Å²) in [4.78, 5) is 28.6. The molecule has 0 spiro atoms. The van der Waals surface area contributed by atoms with Gasteiger partial charge in [0, 0.05) is 18.8 Å². The maximum atomic E-state index is 12.0. The fraction of sp³-hybridized carbons (Fsp3) is 0.444. The Morgan fingerprint density at radius 2 is 1.83 bits per heavy atom. The topological polar surface area (TPSA) is 62.4 Å². The van der Waals surface area contributed by atoms with Gasteiger partial charge >= 0.3 is 5.97 Å². The van der Waals surface area contributed by atoms with Crippen LogP contribution in [-0.2, 0) is 4.74 Å². The number of H-pyrrole nitrogens is 1. The second-order valence-corrected chi connectivity index (χ2v) is 5.32. The number of aromatic amines is 1. The Morgan fingerprint density at radius 3 is 2.48 bits per heavy atom. The van der Waals surface area contributed by atoms with Crippen LogP contribution in [0.5, 0.6) is 0 Å². The Balaban J connectivity index is 0.000000924. The van der Waals surface area contributed by atoms with Crippen molar-refractivity contribution in [2.75, 3.05) is 25.1 Å². The van der Waals surface area contributed by atoms with Crippen molar-refractivity contribution in [3.8, 4) is 0 Å². The Kier molecular flexibility index (Phi) is 5.79. The molecule has 1 aliphatic heterocycles. The highest BCUT2D eigenvalue weighted by molar-refractivity contribution is 5.94. The van der Waals surface area contributed by atoms with Crippen molar-refractivity contribution >= 4 is 22.6 Å². The molecule has 0 bridgehead atoms. The molecule has 23 heavy (non-hydrogen) atoms. The number of nitrogens with one attached hydrogen (secondary N) is 1. The molecule has 5 nitrogen and oxygen atoms in total. The summed E-state index contributed by atoms with van der Waals surface area (Å²) in [5.74, 6) is -0.613. The third kappa shape index (κ3) is 3.73. The van der Waals surface area contributed by atoms with Crippen LogP contribution in [0.4, 0.5) is 5.69 Å². The zero-order valence-corrected chi connectivity index (χ0v) is 14.0. The first-order valence-electron chi connectivity index (χ1n) is 8.19. The van der Waals surface area contributed by atoms with E-state index in [-0.39, 0.29) is 5.56 Å². The van der Waals surface area contributed by atoms with Gasteiger partial charge < -0.3 is 14.6 Å². The third-order valence-electron chi connectivity index (χ3n) is 3.96. The van der Waals surface area contributed by atoms with Crippen LogP contribution in [0.3, 0.4) is 0 Å². The van der Waals surface area contributed by atoms with Crippen LogP contribution in [0.1, 0.15) is 43.5 Å². The van der Waals surface area contributed by atoms with Crippen molar-refractivity contribution in [3.63, 3.8) is 0 Å². The summed E-state index contributed by atoms with van der Waals surface area (Å²) in [6.45, 7) is 6.10. The van der Waals surface area contributed by atoms with Crippen LogP contribution < -0.4 is 10.5 Å². The number of rotatable bonds is 2. The lowest BCUT2D eigenvalue weighted by Gasteiger charge is -2.28. The number of anilines is 1. The molecular weight excluding hydrogens is 292 g/mol. The summed E-state index contributed by atoms with van der Waals surface area (Å²) in [7, 11) is 1.27. The van der Waals surface area contributed by atoms with Crippen LogP contribution in [0.15, 0.2) is 29.1 Å². The van der Waals surface area contributed by atoms with Crippen molar-refractivity contribution in [2.24, 2.45) is 0 Å². The van der Waals surface area contributed by atoms with Gasteiger partial charge in [0.15, 0.2) is 0 Å². The van der Waals surface area contributed by atoms with E-state index in [1.165, 1.54) is 26.4 Å². The van der Waals surface area contributed by atoms with Gasteiger partial charge in [0.1, 0.15) is 5.56 Å². The molecule has 1 saturated heterocycles. The monoisotopic (exact) mass is 316 g/mol. The molecule has 1 aromatic heterocycles. The summed E-state index contributed by atoms with van der Waals surface area (Å²) in [5, 5.41) is 0.829. The SMILES string of the molecule is CC.COC(=O)c1cc2ccc(N3CCCCC3)cc2[nH]c1=O. The van der Waals surface area contributed by atoms with E-state index in [1.807, 2.05) is 32.0 Å². The minimum atomic E-state index is -0.613. The fourth-order valence-electron chi connectivity index (χ4n) is 2.80. The maximum Gasteiger partial charge on any atom is 0.343 e. The van der Waals surface area contributed by atoms with E-state index >= 15 is 0 Å². The van der Waals surface area contributed by atoms with Crippen molar-refractivity contribution < 1.29 is 9.53 Å². The lowest BCUT2D eigenvalue weighted by Crippen LogP contribution is -2.29. The number of carbonyl (C=O) groups is 1. The average Bonchev–Trinajstić information content (AvgIpc) is 2.62. The van der Waals surface area contributed by atoms with Crippen molar-refractivity contribution in [1.82, 2.24) is 4.98 Å². The maximum absolute atomic E-state index is 12.0. The highest BCUT2D eigenvalue weighted by atomic mass is 16.5. The summed E-state index contributed by atoms with van der Waals surface area (Å²) < 4.78 is 4.62. The van der Waals surface area contributed by atoms with Gasteiger partial charge in [0.05, 0.1) is 12.6 Å². The highest BCUT2D eigenvalue weighted by Gasteiger charge is 2.14. The smallest absolute Gasteiger partial charge is 0.343 e. The number of hydrogen-bond acceptors (Lipinski definition) is 4. The zero-order valence-electron chi connectivity index (χ0n) is 14.0. The molecule has 0 amide bonds. The van der Waals surface area contributed by atoms with Gasteiger partial charge in [-0.15, -0.1) is 0 Å². The summed E-state index contributed by atoms with van der Waals surface area (Å²) in [5.41, 5.74) is 1.49. The summed E-state index contributed by atoms with van der Waals surface area (Å²) in [6, 6.07) is 7.53. The number of carbonyl (C=O) groups excluding carboxylic acids is 1. The molecule has 0 radical (unpaired) electrons. The Bertz CT molecular complexity index is 731. The summed E-state index contributed by atoms with van der Waals surface area (Å²) >= 11 is 0. The van der Waals surface area contributed by atoms with E-state index in [2.05, 4.69) is 14.6 Å².